The van der Waals surface area contributed by atoms with Crippen LogP contribution in [0.5, 0.6) is 0 Å². The van der Waals surface area contributed by atoms with Gasteiger partial charge in [-0.15, -0.1) is 5.10 Å². The first kappa shape index (κ1) is 19.6. The largest absolute Gasteiger partial charge is 0.364 e. The van der Waals surface area contributed by atoms with E-state index in [4.69, 9.17) is 0 Å². The van der Waals surface area contributed by atoms with Gasteiger partial charge in [0.05, 0.1) is 23.1 Å². The van der Waals surface area contributed by atoms with E-state index in [-0.39, 0.29) is 11.5 Å². The number of rotatable bonds is 5. The number of carbonyl (C=O) groups is 1. The molecule has 0 aromatic carbocycles. The Labute approximate surface area is 179 Å². The van der Waals surface area contributed by atoms with E-state index in [1.54, 1.807) is 19.3 Å². The van der Waals surface area contributed by atoms with Crippen molar-refractivity contribution >= 4 is 22.6 Å². The molecule has 1 amide bonds. The van der Waals surface area contributed by atoms with Gasteiger partial charge in [-0.2, -0.15) is 5.10 Å². The van der Waals surface area contributed by atoms with Crippen molar-refractivity contribution in [3.05, 3.63) is 57.8 Å². The fraction of sp³-hybridized carbons (Fsp3) is 0.409. The van der Waals surface area contributed by atoms with Crippen LogP contribution in [0.3, 0.4) is 0 Å². The summed E-state index contributed by atoms with van der Waals surface area (Å²) in [5.74, 6) is -0.176. The molecule has 0 bridgehead atoms. The highest BCUT2D eigenvalue weighted by Gasteiger charge is 2.49. The second kappa shape index (κ2) is 7.73. The van der Waals surface area contributed by atoms with Gasteiger partial charge in [-0.1, -0.05) is 6.92 Å². The molecule has 3 aromatic heterocycles. The van der Waals surface area contributed by atoms with Crippen molar-refractivity contribution in [1.29, 1.82) is 0 Å². The molecular formula is C22H25N7O2. The third-order valence-electron chi connectivity index (χ3n) is 6.23. The Bertz CT molecular complexity index is 1190. The van der Waals surface area contributed by atoms with Gasteiger partial charge in [0.2, 0.25) is 0 Å². The highest BCUT2D eigenvalue weighted by Crippen LogP contribution is 2.39. The van der Waals surface area contributed by atoms with Crippen LogP contribution >= 0.6 is 0 Å². The van der Waals surface area contributed by atoms with E-state index in [1.807, 2.05) is 25.1 Å². The smallest absolute Gasteiger partial charge is 0.269 e. The number of pyridine rings is 2. The molecule has 4 heterocycles. The van der Waals surface area contributed by atoms with Crippen molar-refractivity contribution in [3.8, 4) is 0 Å². The van der Waals surface area contributed by atoms with Crippen molar-refractivity contribution < 1.29 is 4.79 Å². The molecule has 31 heavy (non-hydrogen) atoms. The molecule has 1 aliphatic heterocycles. The predicted octanol–water partition coefficient (Wildman–Crippen LogP) is 1.10. The van der Waals surface area contributed by atoms with E-state index >= 15 is 0 Å². The minimum Gasteiger partial charge on any atom is -0.364 e. The Kier molecular flexibility index (Phi) is 4.90. The number of carbonyl (C=O) groups excluding carboxylic acids is 1. The van der Waals surface area contributed by atoms with Crippen LogP contribution in [0.15, 0.2) is 35.3 Å². The lowest BCUT2D eigenvalue weighted by molar-refractivity contribution is 0.0958. The molecule has 9 nitrogen and oxygen atoms in total. The number of amides is 1. The number of aryl methyl sites for hydroxylation is 1. The molecule has 1 saturated heterocycles. The summed E-state index contributed by atoms with van der Waals surface area (Å²) in [4.78, 5) is 35.9. The average molecular weight is 419 g/mol. The first-order chi connectivity index (χ1) is 15.1. The van der Waals surface area contributed by atoms with E-state index in [9.17, 15) is 9.59 Å². The Morgan fingerprint density at radius 2 is 2.10 bits per heavy atom. The Balaban J connectivity index is 1.27. The molecule has 5 rings (SSSR count). The zero-order valence-corrected chi connectivity index (χ0v) is 17.6. The lowest BCUT2D eigenvalue weighted by Gasteiger charge is -2.35. The zero-order chi connectivity index (χ0) is 21.5. The van der Waals surface area contributed by atoms with Crippen LogP contribution in [0.2, 0.25) is 0 Å². The molecular weight excluding hydrogens is 394 g/mol. The van der Waals surface area contributed by atoms with Crippen LogP contribution in [0, 0.1) is 0 Å². The molecule has 2 fully saturated rings. The van der Waals surface area contributed by atoms with Gasteiger partial charge in [-0.05, 0) is 37.1 Å². The third kappa shape index (κ3) is 3.65. The predicted molar refractivity (Wildman–Crippen MR) is 117 cm³/mol. The van der Waals surface area contributed by atoms with E-state index in [0.717, 1.165) is 47.5 Å². The van der Waals surface area contributed by atoms with Crippen LogP contribution in [-0.2, 0) is 13.0 Å². The van der Waals surface area contributed by atoms with Crippen LogP contribution < -0.4 is 15.8 Å². The van der Waals surface area contributed by atoms with Crippen molar-refractivity contribution in [1.82, 2.24) is 30.4 Å². The lowest BCUT2D eigenvalue weighted by Crippen LogP contribution is -2.46. The van der Waals surface area contributed by atoms with E-state index in [1.165, 1.54) is 0 Å². The van der Waals surface area contributed by atoms with Crippen molar-refractivity contribution in [2.75, 3.05) is 25.0 Å². The summed E-state index contributed by atoms with van der Waals surface area (Å²) < 4.78 is 0. The summed E-state index contributed by atoms with van der Waals surface area (Å²) in [5.41, 5.74) is 4.47. The molecule has 2 atom stereocenters. The number of aromatic amines is 1. The van der Waals surface area contributed by atoms with Gasteiger partial charge in [0.25, 0.3) is 11.5 Å². The molecule has 2 N–H and O–H groups in total. The Morgan fingerprint density at radius 3 is 2.84 bits per heavy atom. The van der Waals surface area contributed by atoms with E-state index in [0.29, 0.717) is 30.7 Å². The maximum atomic E-state index is 12.1. The molecule has 9 heteroatoms. The summed E-state index contributed by atoms with van der Waals surface area (Å²) in [6.45, 7) is 4.46. The molecule has 1 saturated carbocycles. The number of piperazine rings is 1. The molecule has 2 aliphatic rings. The maximum Gasteiger partial charge on any atom is 0.269 e. The monoisotopic (exact) mass is 419 g/mol. The number of aromatic nitrogens is 4. The van der Waals surface area contributed by atoms with Gasteiger partial charge in [0, 0.05) is 44.3 Å². The quantitative estimate of drug-likeness (QED) is 0.638. The molecule has 160 valence electrons. The summed E-state index contributed by atoms with van der Waals surface area (Å²) >= 11 is 0. The summed E-state index contributed by atoms with van der Waals surface area (Å²) in [6.07, 6.45) is 3.55. The summed E-state index contributed by atoms with van der Waals surface area (Å²) in [7, 11) is 1.60. The third-order valence-corrected chi connectivity index (χ3v) is 6.23. The average Bonchev–Trinajstić information content (AvgIpc) is 3.60. The van der Waals surface area contributed by atoms with Gasteiger partial charge in [0.15, 0.2) is 0 Å². The highest BCUT2D eigenvalue weighted by molar-refractivity contribution is 5.92. The number of H-pyrrole nitrogens is 1. The van der Waals surface area contributed by atoms with Crippen molar-refractivity contribution in [2.45, 2.75) is 38.4 Å². The summed E-state index contributed by atoms with van der Waals surface area (Å²) in [5, 5.41) is 11.3. The second-order valence-corrected chi connectivity index (χ2v) is 8.13. The maximum absolute atomic E-state index is 12.1. The van der Waals surface area contributed by atoms with Gasteiger partial charge in [-0.3, -0.25) is 14.5 Å². The first-order valence-corrected chi connectivity index (χ1v) is 10.6. The molecule has 1 aliphatic carbocycles. The van der Waals surface area contributed by atoms with Gasteiger partial charge in [0.1, 0.15) is 11.2 Å². The zero-order valence-electron chi connectivity index (χ0n) is 17.6. The molecule has 0 radical (unpaired) electrons. The van der Waals surface area contributed by atoms with Crippen molar-refractivity contribution in [2.24, 2.45) is 0 Å². The normalized spacial score (nSPS) is 20.5. The fourth-order valence-electron chi connectivity index (χ4n) is 4.43. The Morgan fingerprint density at radius 1 is 1.23 bits per heavy atom. The number of nitrogens with one attached hydrogen (secondary N) is 2. The van der Waals surface area contributed by atoms with Crippen LogP contribution in [0.4, 0.5) is 5.69 Å². The fourth-order valence-corrected chi connectivity index (χ4v) is 4.43. The Hall–Kier alpha value is -3.33. The summed E-state index contributed by atoms with van der Waals surface area (Å²) in [6, 6.07) is 8.41. The minimum absolute atomic E-state index is 0.0548. The molecule has 0 spiro atoms. The number of fused-ring (bicyclic) bond motifs is 2. The molecule has 3 aromatic rings. The number of nitrogens with zero attached hydrogens (tertiary/aromatic N) is 5. The SMILES string of the molecule is CCc1cc2nnc(CN3CCN(c4ccc(C(=O)NC)nc4)C4CC43)cc2[nH]c1=O. The van der Waals surface area contributed by atoms with Gasteiger partial charge < -0.3 is 15.2 Å². The van der Waals surface area contributed by atoms with Crippen molar-refractivity contribution in [3.63, 3.8) is 0 Å². The molecule has 2 unspecified atom stereocenters. The second-order valence-electron chi connectivity index (χ2n) is 8.13. The van der Waals surface area contributed by atoms with Crippen LogP contribution in [0.25, 0.3) is 11.0 Å². The minimum atomic E-state index is -0.176. The lowest BCUT2D eigenvalue weighted by atomic mass is 10.2. The van der Waals surface area contributed by atoms with Crippen LogP contribution in [-0.4, -0.2) is 63.2 Å². The standard InChI is InChI=1S/C22H25N7O2/c1-3-13-8-18-17(25-21(13)30)9-14(26-27-18)12-28-6-7-29(20-10-19(20)28)15-4-5-16(24-11-15)22(31)23-2/h4-5,8-9,11,19-20H,3,6-7,10,12H2,1-2H3,(H,23,31)(H,25,30). The van der Waals surface area contributed by atoms with Gasteiger partial charge >= 0.3 is 0 Å². The van der Waals surface area contributed by atoms with E-state index in [2.05, 4.69) is 35.3 Å². The highest BCUT2D eigenvalue weighted by atomic mass is 16.1. The first-order valence-electron chi connectivity index (χ1n) is 10.6. The number of hydrogen-bond donors (Lipinski definition) is 2. The number of hydrogen-bond acceptors (Lipinski definition) is 7. The van der Waals surface area contributed by atoms with Gasteiger partial charge in [-0.25, -0.2) is 4.98 Å². The van der Waals surface area contributed by atoms with E-state index < -0.39 is 0 Å². The number of anilines is 1. The van der Waals surface area contributed by atoms with Crippen LogP contribution in [0.1, 0.15) is 35.1 Å². The topological polar surface area (TPSA) is 107 Å².